The van der Waals surface area contributed by atoms with Crippen molar-refractivity contribution < 1.29 is 14.6 Å². The molecule has 8 nitrogen and oxygen atoms in total. The molecule has 80 valence electrons. The predicted octanol–water partition coefficient (Wildman–Crippen LogP) is 1.30. The maximum Gasteiger partial charge on any atom is 0.410 e. The van der Waals surface area contributed by atoms with Crippen LogP contribution in [0.15, 0.2) is 12.1 Å². The first-order valence-electron chi connectivity index (χ1n) is 3.99. The van der Waals surface area contributed by atoms with Crippen molar-refractivity contribution in [3.8, 4) is 5.75 Å². The molecule has 1 aromatic heterocycles. The molecule has 0 aliphatic rings. The zero-order chi connectivity index (χ0) is 11.4. The fraction of sp³-hybridized carbons (Fsp3) is 0.286. The lowest BCUT2D eigenvalue weighted by Crippen LogP contribution is -2.02. The zero-order valence-corrected chi connectivity index (χ0v) is 7.74. The second kappa shape index (κ2) is 4.31. The fourth-order valence-electron chi connectivity index (χ4n) is 0.926. The number of ether oxygens (including phenoxy) is 1. The summed E-state index contributed by atoms with van der Waals surface area (Å²) >= 11 is 0. The van der Waals surface area contributed by atoms with Crippen LogP contribution in [0.4, 0.5) is 11.6 Å². The number of nitrogens with zero attached hydrogens (tertiary/aromatic N) is 3. The predicted molar refractivity (Wildman–Crippen MR) is 48.7 cm³/mol. The number of hydrogen-bond acceptors (Lipinski definition) is 6. The lowest BCUT2D eigenvalue weighted by molar-refractivity contribution is -0.403. The number of aromatic nitrogens is 1. The lowest BCUT2D eigenvalue weighted by atomic mass is 10.4. The van der Waals surface area contributed by atoms with E-state index in [2.05, 4.69) is 4.98 Å². The number of pyridine rings is 1. The van der Waals surface area contributed by atoms with Crippen molar-refractivity contribution in [2.24, 2.45) is 0 Å². The average Bonchev–Trinajstić information content (AvgIpc) is 2.18. The molecule has 0 atom stereocenters. The van der Waals surface area contributed by atoms with Crippen molar-refractivity contribution in [3.05, 3.63) is 32.4 Å². The van der Waals surface area contributed by atoms with Gasteiger partial charge in [-0.1, -0.05) is 0 Å². The van der Waals surface area contributed by atoms with Gasteiger partial charge in [0.05, 0.1) is 6.61 Å². The van der Waals surface area contributed by atoms with E-state index in [4.69, 9.17) is 4.74 Å². The van der Waals surface area contributed by atoms with Crippen molar-refractivity contribution in [2.75, 3.05) is 6.61 Å². The smallest absolute Gasteiger partial charge is 0.410 e. The Morgan fingerprint density at radius 1 is 1.33 bits per heavy atom. The van der Waals surface area contributed by atoms with E-state index in [1.807, 2.05) is 0 Å². The van der Waals surface area contributed by atoms with Crippen LogP contribution in [0.25, 0.3) is 0 Å². The van der Waals surface area contributed by atoms with Crippen LogP contribution in [0.2, 0.25) is 0 Å². The Hall–Kier alpha value is -2.25. The van der Waals surface area contributed by atoms with Gasteiger partial charge in [-0.05, 0) is 22.8 Å². The summed E-state index contributed by atoms with van der Waals surface area (Å²) in [6.07, 6.45) is 0. The molecule has 0 radical (unpaired) electrons. The van der Waals surface area contributed by atoms with Crippen LogP contribution < -0.4 is 4.74 Å². The van der Waals surface area contributed by atoms with Crippen LogP contribution in [-0.4, -0.2) is 21.4 Å². The van der Waals surface area contributed by atoms with Gasteiger partial charge in [0.2, 0.25) is 5.75 Å². The maximum atomic E-state index is 10.5. The first-order chi connectivity index (χ1) is 7.06. The first kappa shape index (κ1) is 10.8. The summed E-state index contributed by atoms with van der Waals surface area (Å²) in [6, 6.07) is 2.21. The van der Waals surface area contributed by atoms with Gasteiger partial charge >= 0.3 is 11.6 Å². The van der Waals surface area contributed by atoms with Crippen LogP contribution >= 0.6 is 0 Å². The molecule has 0 aromatic carbocycles. The van der Waals surface area contributed by atoms with E-state index in [0.717, 1.165) is 12.1 Å². The van der Waals surface area contributed by atoms with Crippen molar-refractivity contribution >= 4 is 11.6 Å². The minimum atomic E-state index is -0.821. The molecule has 0 fully saturated rings. The molecule has 15 heavy (non-hydrogen) atoms. The van der Waals surface area contributed by atoms with Gasteiger partial charge in [-0.15, -0.1) is 0 Å². The van der Waals surface area contributed by atoms with Gasteiger partial charge in [0.1, 0.15) is 0 Å². The summed E-state index contributed by atoms with van der Waals surface area (Å²) in [5.41, 5.74) is 0. The van der Waals surface area contributed by atoms with Gasteiger partial charge in [0.15, 0.2) is 0 Å². The van der Waals surface area contributed by atoms with Gasteiger partial charge in [0, 0.05) is 11.1 Å². The van der Waals surface area contributed by atoms with Gasteiger partial charge in [-0.2, -0.15) is 0 Å². The quantitative estimate of drug-likeness (QED) is 0.550. The van der Waals surface area contributed by atoms with Crippen LogP contribution in [-0.2, 0) is 0 Å². The monoisotopic (exact) mass is 213 g/mol. The van der Waals surface area contributed by atoms with Gasteiger partial charge in [-0.3, -0.25) is 0 Å². The van der Waals surface area contributed by atoms with Crippen molar-refractivity contribution in [3.63, 3.8) is 0 Å². The highest BCUT2D eigenvalue weighted by Gasteiger charge is 2.21. The summed E-state index contributed by atoms with van der Waals surface area (Å²) < 4.78 is 4.91. The number of hydrogen-bond donors (Lipinski definition) is 0. The number of rotatable bonds is 4. The molecule has 1 aromatic rings. The van der Waals surface area contributed by atoms with E-state index in [0.29, 0.717) is 0 Å². The molecule has 0 aliphatic carbocycles. The zero-order valence-electron chi connectivity index (χ0n) is 7.74. The molecule has 0 saturated carbocycles. The largest absolute Gasteiger partial charge is 0.486 e. The molecule has 0 saturated heterocycles. The lowest BCUT2D eigenvalue weighted by Gasteiger charge is -2.02. The third-order valence-electron chi connectivity index (χ3n) is 1.48. The summed E-state index contributed by atoms with van der Waals surface area (Å²) in [6.45, 7) is 1.87. The molecule has 1 heterocycles. The molecular weight excluding hydrogens is 206 g/mol. The third kappa shape index (κ3) is 2.36. The highest BCUT2D eigenvalue weighted by atomic mass is 16.6. The molecule has 0 aliphatic heterocycles. The Balaban J connectivity index is 3.20. The van der Waals surface area contributed by atoms with Gasteiger partial charge in [0.25, 0.3) is 0 Å². The SMILES string of the molecule is CCOc1ccc([N+](=O)[O-])nc1[N+](=O)[O-]. The van der Waals surface area contributed by atoms with Gasteiger partial charge < -0.3 is 25.0 Å². The van der Waals surface area contributed by atoms with Crippen LogP contribution in [0.3, 0.4) is 0 Å². The van der Waals surface area contributed by atoms with E-state index in [1.54, 1.807) is 6.92 Å². The van der Waals surface area contributed by atoms with Crippen LogP contribution in [0.5, 0.6) is 5.75 Å². The molecule has 0 amide bonds. The van der Waals surface area contributed by atoms with E-state index in [-0.39, 0.29) is 12.4 Å². The van der Waals surface area contributed by atoms with Gasteiger partial charge in [-0.25, -0.2) is 0 Å². The average molecular weight is 213 g/mol. The first-order valence-corrected chi connectivity index (χ1v) is 3.99. The molecule has 8 heteroatoms. The van der Waals surface area contributed by atoms with Crippen molar-refractivity contribution in [2.45, 2.75) is 6.92 Å². The second-order valence-electron chi connectivity index (χ2n) is 2.44. The Labute approximate surface area is 83.8 Å². The normalized spacial score (nSPS) is 9.67. The topological polar surface area (TPSA) is 108 Å². The Morgan fingerprint density at radius 2 is 2.00 bits per heavy atom. The van der Waals surface area contributed by atoms with Crippen LogP contribution in [0.1, 0.15) is 6.92 Å². The van der Waals surface area contributed by atoms with E-state index < -0.39 is 21.5 Å². The highest BCUT2D eigenvalue weighted by Crippen LogP contribution is 2.26. The minimum Gasteiger partial charge on any atom is -0.486 e. The van der Waals surface area contributed by atoms with E-state index in [9.17, 15) is 20.2 Å². The minimum absolute atomic E-state index is 0.0758. The van der Waals surface area contributed by atoms with Crippen molar-refractivity contribution in [1.29, 1.82) is 0 Å². The second-order valence-corrected chi connectivity index (χ2v) is 2.44. The molecular formula is C7H7N3O5. The summed E-state index contributed by atoms with van der Waals surface area (Å²) in [5, 5.41) is 20.8. The number of nitro groups is 2. The molecule has 0 unspecified atom stereocenters. The third-order valence-corrected chi connectivity index (χ3v) is 1.48. The van der Waals surface area contributed by atoms with Crippen molar-refractivity contribution in [1.82, 2.24) is 4.98 Å². The maximum absolute atomic E-state index is 10.5. The fourth-order valence-corrected chi connectivity index (χ4v) is 0.926. The standard InChI is InChI=1S/C7H7N3O5/c1-2-15-5-3-4-6(9(11)12)8-7(5)10(13)14/h3-4H,2H2,1H3. The summed E-state index contributed by atoms with van der Waals surface area (Å²) in [4.78, 5) is 22.5. The molecule has 0 N–H and O–H groups in total. The Kier molecular flexibility index (Phi) is 3.11. The summed E-state index contributed by atoms with van der Waals surface area (Å²) in [7, 11) is 0. The molecule has 1 rings (SSSR count). The van der Waals surface area contributed by atoms with E-state index >= 15 is 0 Å². The Morgan fingerprint density at radius 3 is 2.47 bits per heavy atom. The Bertz CT molecular complexity index is 406. The van der Waals surface area contributed by atoms with Crippen LogP contribution in [0, 0.1) is 20.2 Å². The van der Waals surface area contributed by atoms with E-state index in [1.165, 1.54) is 0 Å². The molecule has 0 bridgehead atoms. The summed E-state index contributed by atoms with van der Waals surface area (Å²) in [5.74, 6) is -1.30. The highest BCUT2D eigenvalue weighted by molar-refractivity contribution is 5.43. The molecule has 0 spiro atoms.